The Morgan fingerprint density at radius 2 is 1.59 bits per heavy atom. The van der Waals surface area contributed by atoms with Gasteiger partial charge in [0.2, 0.25) is 0 Å². The zero-order valence-electron chi connectivity index (χ0n) is 12.5. The van der Waals surface area contributed by atoms with Gasteiger partial charge in [0.25, 0.3) is 11.8 Å². The van der Waals surface area contributed by atoms with Crippen molar-refractivity contribution in [3.05, 3.63) is 35.4 Å². The van der Waals surface area contributed by atoms with Gasteiger partial charge in [-0.2, -0.15) is 0 Å². The van der Waals surface area contributed by atoms with Gasteiger partial charge in [-0.25, -0.2) is 0 Å². The van der Waals surface area contributed by atoms with Crippen LogP contribution >= 0.6 is 34.0 Å². The molecule has 1 aromatic carbocycles. The first kappa shape index (κ1) is 21.2. The van der Waals surface area contributed by atoms with Gasteiger partial charge in [-0.3, -0.25) is 14.5 Å². The lowest BCUT2D eigenvalue weighted by atomic mass is 10.00. The summed E-state index contributed by atoms with van der Waals surface area (Å²) < 4.78 is 0. The average Bonchev–Trinajstić information content (AvgIpc) is 2.72. The van der Waals surface area contributed by atoms with Crippen LogP contribution in [0.1, 0.15) is 46.9 Å². The van der Waals surface area contributed by atoms with Crippen molar-refractivity contribution in [2.45, 2.75) is 38.3 Å². The second-order valence-electron chi connectivity index (χ2n) is 5.10. The predicted molar refractivity (Wildman–Crippen MR) is 97.9 cm³/mol. The summed E-state index contributed by atoms with van der Waals surface area (Å²) in [7, 11) is 0. The smallest absolute Gasteiger partial charge is 0.261 e. The maximum Gasteiger partial charge on any atom is 0.261 e. The molecule has 2 atom stereocenters. The van der Waals surface area contributed by atoms with Crippen LogP contribution in [0.15, 0.2) is 24.3 Å². The Morgan fingerprint density at radius 1 is 1.09 bits per heavy atom. The van der Waals surface area contributed by atoms with Crippen LogP contribution in [0, 0.1) is 0 Å². The van der Waals surface area contributed by atoms with Crippen LogP contribution in [-0.4, -0.2) is 35.3 Å². The zero-order valence-corrected chi connectivity index (χ0v) is 16.0. The third-order valence-corrected chi connectivity index (χ3v) is 3.81. The van der Waals surface area contributed by atoms with E-state index in [0.29, 0.717) is 30.5 Å². The van der Waals surface area contributed by atoms with E-state index in [1.165, 1.54) is 4.90 Å². The third-order valence-electron chi connectivity index (χ3n) is 3.81. The van der Waals surface area contributed by atoms with E-state index in [2.05, 4.69) is 0 Å². The molecule has 124 valence electrons. The number of rotatable bonds is 6. The Kier molecular flexibility index (Phi) is 9.07. The summed E-state index contributed by atoms with van der Waals surface area (Å²) in [5, 5.41) is 0. The number of hydrogen-bond donors (Lipinski definition) is 2. The van der Waals surface area contributed by atoms with Gasteiger partial charge >= 0.3 is 0 Å². The Bertz CT molecular complexity index is 490. The lowest BCUT2D eigenvalue weighted by Gasteiger charge is -2.30. The van der Waals surface area contributed by atoms with E-state index < -0.39 is 0 Å². The van der Waals surface area contributed by atoms with Gasteiger partial charge in [0.05, 0.1) is 17.2 Å². The zero-order chi connectivity index (χ0) is 14.7. The van der Waals surface area contributed by atoms with E-state index in [0.717, 1.165) is 6.42 Å². The molecule has 5 nitrogen and oxygen atoms in total. The van der Waals surface area contributed by atoms with Crippen molar-refractivity contribution in [2.24, 2.45) is 11.5 Å². The maximum absolute atomic E-state index is 12.4. The molecule has 22 heavy (non-hydrogen) atoms. The number of imide groups is 1. The minimum Gasteiger partial charge on any atom is -0.330 e. The molecule has 0 bridgehead atoms. The molecule has 1 aromatic rings. The summed E-state index contributed by atoms with van der Waals surface area (Å²) in [5.74, 6) is -0.471. The topological polar surface area (TPSA) is 89.4 Å². The molecule has 0 aromatic heterocycles. The minimum atomic E-state index is -0.269. The summed E-state index contributed by atoms with van der Waals surface area (Å²) in [6, 6.07) is 6.41. The highest BCUT2D eigenvalue weighted by atomic mass is 79.9. The van der Waals surface area contributed by atoms with Crippen LogP contribution in [0.3, 0.4) is 0 Å². The number of hydrogen-bond acceptors (Lipinski definition) is 4. The minimum absolute atomic E-state index is 0. The maximum atomic E-state index is 12.4. The SMILES string of the molecule is Br.Br.CCC(C(N)CCCN)N1C(=O)c2ccccc2C1=O. The molecular formula is C15H23Br2N3O2. The van der Waals surface area contributed by atoms with Gasteiger partial charge in [0.15, 0.2) is 0 Å². The van der Waals surface area contributed by atoms with Crippen LogP contribution in [0.2, 0.25) is 0 Å². The number of benzene rings is 1. The second-order valence-corrected chi connectivity index (χ2v) is 5.10. The molecule has 0 saturated carbocycles. The number of nitrogens with two attached hydrogens (primary N) is 2. The summed E-state index contributed by atoms with van der Waals surface area (Å²) in [5.41, 5.74) is 12.6. The lowest BCUT2D eigenvalue weighted by Crippen LogP contribution is -2.50. The van der Waals surface area contributed by atoms with E-state index in [9.17, 15) is 9.59 Å². The standard InChI is InChI=1S/C15H21N3O2.2BrH/c1-2-13(12(17)8-5-9-16)18-14(19)10-6-3-4-7-11(10)15(18)20;;/h3-4,6-7,12-13H,2,5,8-9,16-17H2,1H3;2*1H. The van der Waals surface area contributed by atoms with Crippen molar-refractivity contribution < 1.29 is 9.59 Å². The van der Waals surface area contributed by atoms with Gasteiger partial charge in [0, 0.05) is 6.04 Å². The van der Waals surface area contributed by atoms with E-state index in [-0.39, 0.29) is 57.9 Å². The van der Waals surface area contributed by atoms with Gasteiger partial charge in [-0.05, 0) is 37.9 Å². The molecule has 0 spiro atoms. The first-order valence-corrected chi connectivity index (χ1v) is 7.04. The third kappa shape index (κ3) is 3.95. The summed E-state index contributed by atoms with van der Waals surface area (Å²) in [6.45, 7) is 2.50. The first-order chi connectivity index (χ1) is 9.61. The van der Waals surface area contributed by atoms with Crippen LogP contribution in [-0.2, 0) is 0 Å². The number of halogens is 2. The monoisotopic (exact) mass is 435 g/mol. The van der Waals surface area contributed by atoms with Gasteiger partial charge < -0.3 is 11.5 Å². The molecule has 0 aliphatic carbocycles. The predicted octanol–water partition coefficient (Wildman–Crippen LogP) is 2.28. The van der Waals surface area contributed by atoms with Crippen LogP contribution in [0.25, 0.3) is 0 Å². The highest BCUT2D eigenvalue weighted by Gasteiger charge is 2.40. The van der Waals surface area contributed by atoms with Gasteiger partial charge in [-0.15, -0.1) is 34.0 Å². The normalized spacial score (nSPS) is 15.7. The van der Waals surface area contributed by atoms with Crippen molar-refractivity contribution >= 4 is 45.8 Å². The summed E-state index contributed by atoms with van der Waals surface area (Å²) >= 11 is 0. The molecule has 2 amide bonds. The fourth-order valence-electron chi connectivity index (χ4n) is 2.73. The number of fused-ring (bicyclic) bond motifs is 1. The Hall–Kier alpha value is -0.760. The summed E-state index contributed by atoms with van der Waals surface area (Å²) in [6.07, 6.45) is 2.15. The van der Waals surface area contributed by atoms with Crippen molar-refractivity contribution in [3.8, 4) is 0 Å². The lowest BCUT2D eigenvalue weighted by molar-refractivity contribution is 0.0552. The fourth-order valence-corrected chi connectivity index (χ4v) is 2.73. The van der Waals surface area contributed by atoms with Crippen LogP contribution < -0.4 is 11.5 Å². The molecule has 1 aliphatic rings. The Labute approximate surface area is 151 Å². The quantitative estimate of drug-likeness (QED) is 0.669. The van der Waals surface area contributed by atoms with E-state index in [1.54, 1.807) is 24.3 Å². The van der Waals surface area contributed by atoms with E-state index >= 15 is 0 Å². The number of amides is 2. The van der Waals surface area contributed by atoms with Crippen LogP contribution in [0.4, 0.5) is 0 Å². The molecule has 4 N–H and O–H groups in total. The fraction of sp³-hybridized carbons (Fsp3) is 0.467. The summed E-state index contributed by atoms with van der Waals surface area (Å²) in [4.78, 5) is 26.1. The van der Waals surface area contributed by atoms with Crippen molar-refractivity contribution in [1.29, 1.82) is 0 Å². The molecule has 1 aliphatic heterocycles. The number of carbonyl (C=O) groups is 2. The highest BCUT2D eigenvalue weighted by Crippen LogP contribution is 2.27. The first-order valence-electron chi connectivity index (χ1n) is 7.04. The molecule has 0 fully saturated rings. The molecule has 2 rings (SSSR count). The molecule has 2 unspecified atom stereocenters. The van der Waals surface area contributed by atoms with Crippen LogP contribution in [0.5, 0.6) is 0 Å². The molecule has 0 radical (unpaired) electrons. The average molecular weight is 437 g/mol. The van der Waals surface area contributed by atoms with Gasteiger partial charge in [0.1, 0.15) is 0 Å². The molecular weight excluding hydrogens is 414 g/mol. The Morgan fingerprint density at radius 3 is 2.00 bits per heavy atom. The van der Waals surface area contributed by atoms with Crippen molar-refractivity contribution in [2.75, 3.05) is 6.54 Å². The Balaban J connectivity index is 0.00000220. The number of nitrogens with zero attached hydrogens (tertiary/aromatic N) is 1. The van der Waals surface area contributed by atoms with E-state index in [1.807, 2.05) is 6.92 Å². The largest absolute Gasteiger partial charge is 0.330 e. The van der Waals surface area contributed by atoms with Crippen molar-refractivity contribution in [1.82, 2.24) is 4.90 Å². The molecule has 0 saturated heterocycles. The van der Waals surface area contributed by atoms with E-state index in [4.69, 9.17) is 11.5 Å². The number of carbonyl (C=O) groups excluding carboxylic acids is 2. The highest BCUT2D eigenvalue weighted by molar-refractivity contribution is 8.93. The molecule has 1 heterocycles. The second kappa shape index (κ2) is 9.39. The molecule has 7 heteroatoms. The van der Waals surface area contributed by atoms with Crippen molar-refractivity contribution in [3.63, 3.8) is 0 Å². The van der Waals surface area contributed by atoms with Gasteiger partial charge in [-0.1, -0.05) is 19.1 Å².